The molecule has 0 bridgehead atoms. The van der Waals surface area contributed by atoms with E-state index in [2.05, 4.69) is 5.32 Å². The second kappa shape index (κ2) is 6.56. The van der Waals surface area contributed by atoms with Gasteiger partial charge in [0.15, 0.2) is 0 Å². The van der Waals surface area contributed by atoms with Gasteiger partial charge in [-0.2, -0.15) is 9.57 Å². The Morgan fingerprint density at radius 1 is 1.48 bits per heavy atom. The van der Waals surface area contributed by atoms with Gasteiger partial charge in [-0.05, 0) is 50.1 Å². The van der Waals surface area contributed by atoms with E-state index in [1.54, 1.807) is 19.1 Å². The molecule has 0 aromatic heterocycles. The van der Waals surface area contributed by atoms with E-state index in [1.165, 1.54) is 10.4 Å². The van der Waals surface area contributed by atoms with Gasteiger partial charge >= 0.3 is 0 Å². The first kappa shape index (κ1) is 16.0. The van der Waals surface area contributed by atoms with Gasteiger partial charge in [0.2, 0.25) is 10.0 Å². The lowest BCUT2D eigenvalue weighted by atomic mass is 10.2. The summed E-state index contributed by atoms with van der Waals surface area (Å²) in [6.45, 7) is 5.48. The molecule has 0 spiro atoms. The van der Waals surface area contributed by atoms with Crippen LogP contribution in [0.2, 0.25) is 0 Å². The summed E-state index contributed by atoms with van der Waals surface area (Å²) in [5.74, 6) is 0. The molecule has 1 heterocycles. The van der Waals surface area contributed by atoms with Gasteiger partial charge in [0.25, 0.3) is 0 Å². The Labute approximate surface area is 126 Å². The zero-order valence-corrected chi connectivity index (χ0v) is 13.3. The lowest BCUT2D eigenvalue weighted by Crippen LogP contribution is -2.41. The molecule has 1 N–H and O–H groups in total. The predicted molar refractivity (Wildman–Crippen MR) is 81.4 cm³/mol. The second-order valence-electron chi connectivity index (χ2n) is 5.34. The van der Waals surface area contributed by atoms with Crippen molar-refractivity contribution in [2.24, 2.45) is 0 Å². The van der Waals surface area contributed by atoms with Crippen molar-refractivity contribution in [1.82, 2.24) is 9.62 Å². The Morgan fingerprint density at radius 2 is 2.24 bits per heavy atom. The van der Waals surface area contributed by atoms with E-state index in [4.69, 9.17) is 5.26 Å². The van der Waals surface area contributed by atoms with Crippen molar-refractivity contribution in [3.05, 3.63) is 29.3 Å². The quantitative estimate of drug-likeness (QED) is 0.897. The van der Waals surface area contributed by atoms with Gasteiger partial charge in [-0.3, -0.25) is 0 Å². The number of hydrogen-bond donors (Lipinski definition) is 1. The molecule has 6 heteroatoms. The first-order valence-corrected chi connectivity index (χ1v) is 8.67. The van der Waals surface area contributed by atoms with Crippen LogP contribution in [0.25, 0.3) is 0 Å². The van der Waals surface area contributed by atoms with Crippen LogP contribution in [0, 0.1) is 18.3 Å². The maximum absolute atomic E-state index is 12.8. The molecule has 0 saturated carbocycles. The van der Waals surface area contributed by atoms with Crippen molar-refractivity contribution < 1.29 is 8.42 Å². The summed E-state index contributed by atoms with van der Waals surface area (Å²) < 4.78 is 27.1. The maximum Gasteiger partial charge on any atom is 0.243 e. The molecule has 21 heavy (non-hydrogen) atoms. The van der Waals surface area contributed by atoms with Crippen LogP contribution in [-0.2, 0) is 10.0 Å². The molecule has 0 aliphatic carbocycles. The summed E-state index contributed by atoms with van der Waals surface area (Å²) in [6, 6.07) is 6.98. The van der Waals surface area contributed by atoms with Crippen molar-refractivity contribution in [2.45, 2.75) is 37.6 Å². The molecule has 2 rings (SSSR count). The van der Waals surface area contributed by atoms with E-state index in [0.717, 1.165) is 19.4 Å². The highest BCUT2D eigenvalue weighted by Crippen LogP contribution is 2.22. The van der Waals surface area contributed by atoms with E-state index in [9.17, 15) is 8.42 Å². The van der Waals surface area contributed by atoms with Crippen LogP contribution in [-0.4, -0.2) is 38.4 Å². The third kappa shape index (κ3) is 3.43. The average Bonchev–Trinajstić information content (AvgIpc) is 2.97. The Kier molecular flexibility index (Phi) is 4.99. The van der Waals surface area contributed by atoms with E-state index < -0.39 is 10.0 Å². The smallest absolute Gasteiger partial charge is 0.243 e. The molecule has 1 aromatic carbocycles. The van der Waals surface area contributed by atoms with Crippen molar-refractivity contribution >= 4 is 10.0 Å². The Balaban J connectivity index is 2.28. The van der Waals surface area contributed by atoms with E-state index in [0.29, 0.717) is 29.1 Å². The highest BCUT2D eigenvalue weighted by atomic mass is 32.2. The number of sulfonamides is 1. The molecular formula is C15H21N3O2S. The van der Waals surface area contributed by atoms with E-state index >= 15 is 0 Å². The minimum absolute atomic E-state index is 0.235. The van der Waals surface area contributed by atoms with Crippen molar-refractivity contribution in [1.29, 1.82) is 5.26 Å². The number of aryl methyl sites for hydroxylation is 1. The fourth-order valence-corrected chi connectivity index (χ4v) is 4.40. The van der Waals surface area contributed by atoms with E-state index in [-0.39, 0.29) is 6.04 Å². The summed E-state index contributed by atoms with van der Waals surface area (Å²) in [5.41, 5.74) is 1.10. The van der Waals surface area contributed by atoms with Crippen LogP contribution in [0.3, 0.4) is 0 Å². The van der Waals surface area contributed by atoms with Gasteiger partial charge in [-0.1, -0.05) is 6.92 Å². The standard InChI is InChI=1S/C15H21N3O2S/c1-3-18(11-14-5-4-8-17-14)21(19,20)15-7-6-13(10-16)9-12(15)2/h6-7,9,14,17H,3-5,8,11H2,1-2H3. The van der Waals surface area contributed by atoms with Crippen LogP contribution in [0.15, 0.2) is 23.1 Å². The lowest BCUT2D eigenvalue weighted by molar-refractivity contribution is 0.382. The Hall–Kier alpha value is -1.42. The predicted octanol–water partition coefficient (Wildman–Crippen LogP) is 1.63. The largest absolute Gasteiger partial charge is 0.313 e. The number of nitrogens with one attached hydrogen (secondary N) is 1. The van der Waals surface area contributed by atoms with Gasteiger partial charge in [0.05, 0.1) is 16.5 Å². The molecule has 5 nitrogen and oxygen atoms in total. The first-order valence-electron chi connectivity index (χ1n) is 7.23. The highest BCUT2D eigenvalue weighted by molar-refractivity contribution is 7.89. The number of hydrogen-bond acceptors (Lipinski definition) is 4. The van der Waals surface area contributed by atoms with Crippen LogP contribution >= 0.6 is 0 Å². The van der Waals surface area contributed by atoms with Gasteiger partial charge in [0.1, 0.15) is 0 Å². The zero-order chi connectivity index (χ0) is 15.5. The average molecular weight is 307 g/mol. The molecule has 0 amide bonds. The molecule has 1 aliphatic heterocycles. The number of benzene rings is 1. The molecule has 1 fully saturated rings. The normalized spacial score (nSPS) is 18.9. The molecule has 1 saturated heterocycles. The molecule has 1 aromatic rings. The summed E-state index contributed by atoms with van der Waals surface area (Å²) in [4.78, 5) is 0.293. The second-order valence-corrected chi connectivity index (χ2v) is 7.25. The van der Waals surface area contributed by atoms with Crippen molar-refractivity contribution in [3.63, 3.8) is 0 Å². The summed E-state index contributed by atoms with van der Waals surface area (Å²) in [7, 11) is -3.51. The van der Waals surface area contributed by atoms with Gasteiger partial charge in [-0.25, -0.2) is 8.42 Å². The minimum Gasteiger partial charge on any atom is -0.313 e. The number of rotatable bonds is 5. The SMILES string of the molecule is CCN(CC1CCCN1)S(=O)(=O)c1ccc(C#N)cc1C. The van der Waals surface area contributed by atoms with Gasteiger partial charge in [-0.15, -0.1) is 0 Å². The van der Waals surface area contributed by atoms with Gasteiger partial charge in [0, 0.05) is 19.1 Å². The monoisotopic (exact) mass is 307 g/mol. The molecule has 1 atom stereocenters. The fourth-order valence-electron chi connectivity index (χ4n) is 2.70. The topological polar surface area (TPSA) is 73.2 Å². The fraction of sp³-hybridized carbons (Fsp3) is 0.533. The third-order valence-electron chi connectivity index (χ3n) is 3.86. The summed E-state index contributed by atoms with van der Waals surface area (Å²) in [6.07, 6.45) is 2.11. The van der Waals surface area contributed by atoms with Crippen LogP contribution < -0.4 is 5.32 Å². The summed E-state index contributed by atoms with van der Waals surface area (Å²) in [5, 5.41) is 12.2. The third-order valence-corrected chi connectivity index (χ3v) is 5.96. The highest BCUT2D eigenvalue weighted by Gasteiger charge is 2.28. The molecule has 0 radical (unpaired) electrons. The van der Waals surface area contributed by atoms with Crippen molar-refractivity contribution in [2.75, 3.05) is 19.6 Å². The molecule has 1 aliphatic rings. The van der Waals surface area contributed by atoms with Crippen LogP contribution in [0.4, 0.5) is 0 Å². The molecule has 114 valence electrons. The lowest BCUT2D eigenvalue weighted by Gasteiger charge is -2.24. The molecule has 1 unspecified atom stereocenters. The maximum atomic E-state index is 12.8. The number of likely N-dealkylation sites (N-methyl/N-ethyl adjacent to an activating group) is 1. The van der Waals surface area contributed by atoms with E-state index in [1.807, 2.05) is 13.0 Å². The first-order chi connectivity index (χ1) is 9.98. The minimum atomic E-state index is -3.51. The van der Waals surface area contributed by atoms with Crippen LogP contribution in [0.5, 0.6) is 0 Å². The zero-order valence-electron chi connectivity index (χ0n) is 12.5. The van der Waals surface area contributed by atoms with Crippen molar-refractivity contribution in [3.8, 4) is 6.07 Å². The van der Waals surface area contributed by atoms with Gasteiger partial charge < -0.3 is 5.32 Å². The summed E-state index contributed by atoms with van der Waals surface area (Å²) >= 11 is 0. The Morgan fingerprint density at radius 3 is 2.76 bits per heavy atom. The number of nitrogens with zero attached hydrogens (tertiary/aromatic N) is 2. The Bertz CT molecular complexity index is 643. The van der Waals surface area contributed by atoms with Crippen LogP contribution in [0.1, 0.15) is 30.9 Å². The number of nitriles is 1. The molecular weight excluding hydrogens is 286 g/mol.